The van der Waals surface area contributed by atoms with Crippen molar-refractivity contribution in [1.29, 1.82) is 0 Å². The molecule has 0 saturated carbocycles. The normalized spacial score (nSPS) is 16.5. The maximum Gasteiger partial charge on any atom is 0.0601 e. The summed E-state index contributed by atoms with van der Waals surface area (Å²) in [5.74, 6) is 0.843. The zero-order valence-electron chi connectivity index (χ0n) is 7.82. The second-order valence-corrected chi connectivity index (χ2v) is 3.11. The molecule has 3 heteroatoms. The summed E-state index contributed by atoms with van der Waals surface area (Å²) in [7, 11) is 0. The van der Waals surface area contributed by atoms with Crippen LogP contribution in [0.1, 0.15) is 33.1 Å². The average Bonchev–Trinajstić information content (AvgIpc) is 2.01. The quantitative estimate of drug-likeness (QED) is 0.550. The van der Waals surface area contributed by atoms with Crippen LogP contribution in [-0.2, 0) is 0 Å². The van der Waals surface area contributed by atoms with Gasteiger partial charge in [0.1, 0.15) is 0 Å². The Balaban J connectivity index is 3.84. The van der Waals surface area contributed by atoms with Crippen LogP contribution in [0, 0.1) is 5.92 Å². The van der Waals surface area contributed by atoms with Gasteiger partial charge in [0.15, 0.2) is 0 Å². The van der Waals surface area contributed by atoms with E-state index < -0.39 is 12.2 Å². The van der Waals surface area contributed by atoms with Crippen molar-refractivity contribution in [3.8, 4) is 0 Å². The molecule has 3 nitrogen and oxygen atoms in total. The first-order valence-corrected chi connectivity index (χ1v) is 4.43. The van der Waals surface area contributed by atoms with Gasteiger partial charge in [-0.2, -0.15) is 0 Å². The van der Waals surface area contributed by atoms with Crippen LogP contribution in [0.15, 0.2) is 0 Å². The highest BCUT2D eigenvalue weighted by atomic mass is 16.3. The van der Waals surface area contributed by atoms with Gasteiger partial charge in [-0.25, -0.2) is 0 Å². The van der Waals surface area contributed by atoms with E-state index in [2.05, 4.69) is 0 Å². The molecule has 0 spiro atoms. The highest BCUT2D eigenvalue weighted by Gasteiger charge is 2.19. The summed E-state index contributed by atoms with van der Waals surface area (Å²) in [4.78, 5) is 0. The average molecular weight is 175 g/mol. The Hall–Kier alpha value is -0.120. The molecular formula is C9H19O3. The molecule has 0 aliphatic rings. The summed E-state index contributed by atoms with van der Waals surface area (Å²) in [5.41, 5.74) is 0. The predicted octanol–water partition coefficient (Wildman–Crippen LogP) is 0.485. The minimum atomic E-state index is -0.480. The third-order valence-corrected chi connectivity index (χ3v) is 1.85. The molecule has 0 heterocycles. The fourth-order valence-corrected chi connectivity index (χ4v) is 1.22. The maximum atomic E-state index is 9.44. The molecule has 0 aliphatic carbocycles. The Kier molecular flexibility index (Phi) is 6.34. The molecule has 0 fully saturated rings. The smallest absolute Gasteiger partial charge is 0.0601 e. The van der Waals surface area contributed by atoms with Crippen molar-refractivity contribution in [2.24, 2.45) is 0 Å². The van der Waals surface area contributed by atoms with Crippen molar-refractivity contribution in [3.05, 3.63) is 5.92 Å². The summed E-state index contributed by atoms with van der Waals surface area (Å²) in [6.07, 6.45) is 0.692. The number of rotatable bonds is 6. The van der Waals surface area contributed by atoms with Crippen LogP contribution in [0.5, 0.6) is 0 Å². The Morgan fingerprint density at radius 1 is 1.33 bits per heavy atom. The highest BCUT2D eigenvalue weighted by molar-refractivity contribution is 4.97. The van der Waals surface area contributed by atoms with E-state index in [1.165, 1.54) is 0 Å². The molecule has 0 bridgehead atoms. The summed E-state index contributed by atoms with van der Waals surface area (Å²) in [6, 6.07) is 0. The molecule has 2 atom stereocenters. The Morgan fingerprint density at radius 2 is 1.92 bits per heavy atom. The van der Waals surface area contributed by atoms with Gasteiger partial charge in [0, 0.05) is 12.5 Å². The molecule has 0 aliphatic heterocycles. The molecule has 3 N–H and O–H groups in total. The van der Waals surface area contributed by atoms with Crippen LogP contribution in [-0.4, -0.2) is 34.1 Å². The van der Waals surface area contributed by atoms with Crippen LogP contribution in [0.2, 0.25) is 0 Å². The first-order valence-electron chi connectivity index (χ1n) is 4.43. The van der Waals surface area contributed by atoms with Crippen molar-refractivity contribution in [2.45, 2.75) is 45.3 Å². The molecule has 0 rings (SSSR count). The monoisotopic (exact) mass is 175 g/mol. The molecule has 12 heavy (non-hydrogen) atoms. The Labute approximate surface area is 74.0 Å². The van der Waals surface area contributed by atoms with E-state index in [-0.39, 0.29) is 6.61 Å². The van der Waals surface area contributed by atoms with E-state index in [4.69, 9.17) is 10.2 Å². The fraction of sp³-hybridized carbons (Fsp3) is 0.889. The molecule has 1 radical (unpaired) electrons. The van der Waals surface area contributed by atoms with Crippen molar-refractivity contribution in [2.75, 3.05) is 6.61 Å². The first-order chi connectivity index (χ1) is 5.61. The Morgan fingerprint density at radius 3 is 2.25 bits per heavy atom. The van der Waals surface area contributed by atoms with Crippen molar-refractivity contribution in [3.63, 3.8) is 0 Å². The molecule has 0 aromatic carbocycles. The molecule has 0 amide bonds. The first kappa shape index (κ1) is 11.9. The fourth-order valence-electron chi connectivity index (χ4n) is 1.22. The molecule has 2 unspecified atom stereocenters. The Bertz CT molecular complexity index is 104. The van der Waals surface area contributed by atoms with Gasteiger partial charge in [0.25, 0.3) is 0 Å². The predicted molar refractivity (Wildman–Crippen MR) is 47.5 cm³/mol. The lowest BCUT2D eigenvalue weighted by atomic mass is 9.91. The molecular weight excluding hydrogens is 156 g/mol. The third-order valence-electron chi connectivity index (χ3n) is 1.85. The standard InChI is InChI=1S/C9H19O3/c1-3-9(12)8(4-5-10)6-7(2)11/h7,9-12H,3-6H2,1-2H3. The topological polar surface area (TPSA) is 60.7 Å². The van der Waals surface area contributed by atoms with Gasteiger partial charge in [-0.05, 0) is 26.2 Å². The van der Waals surface area contributed by atoms with Crippen molar-refractivity contribution in [1.82, 2.24) is 0 Å². The van der Waals surface area contributed by atoms with Crippen LogP contribution in [0.25, 0.3) is 0 Å². The molecule has 73 valence electrons. The SMILES string of the molecule is CCC(O)[C](CCO)CC(C)O. The summed E-state index contributed by atoms with van der Waals surface area (Å²) in [6.45, 7) is 3.60. The van der Waals surface area contributed by atoms with Crippen molar-refractivity contribution < 1.29 is 15.3 Å². The number of aliphatic hydroxyl groups excluding tert-OH is 3. The van der Waals surface area contributed by atoms with Gasteiger partial charge in [-0.15, -0.1) is 0 Å². The van der Waals surface area contributed by atoms with E-state index >= 15 is 0 Å². The summed E-state index contributed by atoms with van der Waals surface area (Å²) < 4.78 is 0. The van der Waals surface area contributed by atoms with Crippen molar-refractivity contribution >= 4 is 0 Å². The lowest BCUT2D eigenvalue weighted by Crippen LogP contribution is -2.22. The lowest BCUT2D eigenvalue weighted by molar-refractivity contribution is 0.126. The summed E-state index contributed by atoms with van der Waals surface area (Å²) >= 11 is 0. The van der Waals surface area contributed by atoms with Gasteiger partial charge in [0.2, 0.25) is 0 Å². The van der Waals surface area contributed by atoms with Crippen LogP contribution < -0.4 is 0 Å². The van der Waals surface area contributed by atoms with Crippen LogP contribution in [0.4, 0.5) is 0 Å². The maximum absolute atomic E-state index is 9.44. The van der Waals surface area contributed by atoms with E-state index in [9.17, 15) is 5.11 Å². The van der Waals surface area contributed by atoms with Crippen LogP contribution in [0.3, 0.4) is 0 Å². The van der Waals surface area contributed by atoms with Gasteiger partial charge in [0.05, 0.1) is 12.2 Å². The second kappa shape index (κ2) is 6.40. The number of hydrogen-bond acceptors (Lipinski definition) is 3. The van der Waals surface area contributed by atoms with Crippen LogP contribution >= 0.6 is 0 Å². The molecule has 0 aromatic heterocycles. The largest absolute Gasteiger partial charge is 0.396 e. The molecule has 0 aromatic rings. The van der Waals surface area contributed by atoms with Gasteiger partial charge >= 0.3 is 0 Å². The van der Waals surface area contributed by atoms with E-state index in [1.54, 1.807) is 6.92 Å². The van der Waals surface area contributed by atoms with E-state index in [1.807, 2.05) is 6.92 Å². The molecule has 0 saturated heterocycles. The van der Waals surface area contributed by atoms with Gasteiger partial charge < -0.3 is 15.3 Å². The number of aliphatic hydroxyl groups is 3. The minimum absolute atomic E-state index is 0.0408. The lowest BCUT2D eigenvalue weighted by Gasteiger charge is -2.21. The zero-order chi connectivity index (χ0) is 9.56. The zero-order valence-corrected chi connectivity index (χ0v) is 7.82. The summed E-state index contributed by atoms with van der Waals surface area (Å²) in [5, 5.41) is 27.2. The number of hydrogen-bond donors (Lipinski definition) is 3. The second-order valence-electron chi connectivity index (χ2n) is 3.11. The van der Waals surface area contributed by atoms with E-state index in [0.29, 0.717) is 19.3 Å². The van der Waals surface area contributed by atoms with E-state index in [0.717, 1.165) is 5.92 Å². The minimum Gasteiger partial charge on any atom is -0.396 e. The third kappa shape index (κ3) is 4.70. The highest BCUT2D eigenvalue weighted by Crippen LogP contribution is 2.20. The van der Waals surface area contributed by atoms with Gasteiger partial charge in [-0.1, -0.05) is 6.92 Å². The van der Waals surface area contributed by atoms with Gasteiger partial charge in [-0.3, -0.25) is 0 Å².